The maximum absolute atomic E-state index is 15.2. The highest BCUT2D eigenvalue weighted by molar-refractivity contribution is 5.37. The highest BCUT2D eigenvalue weighted by Gasteiger charge is 2.36. The number of rotatable bonds is 10. The minimum Gasteiger partial charge on any atom is -0.378 e. The molecule has 180 valence electrons. The lowest BCUT2D eigenvalue weighted by Gasteiger charge is -2.42. The molecule has 0 radical (unpaired) electrons. The molecule has 3 aliphatic carbocycles. The number of hydrogen-bond acceptors (Lipinski definition) is 1. The van der Waals surface area contributed by atoms with Crippen LogP contribution in [-0.2, 0) is 17.6 Å². The Hall–Kier alpha value is -0.890. The molecule has 0 bridgehead atoms. The van der Waals surface area contributed by atoms with Gasteiger partial charge < -0.3 is 4.74 Å². The predicted molar refractivity (Wildman–Crippen MR) is 133 cm³/mol. The van der Waals surface area contributed by atoms with E-state index >= 15 is 4.39 Å². The van der Waals surface area contributed by atoms with E-state index in [-0.39, 0.29) is 5.82 Å². The van der Waals surface area contributed by atoms with Crippen molar-refractivity contribution >= 4 is 0 Å². The topological polar surface area (TPSA) is 9.23 Å². The Morgan fingerprint density at radius 3 is 2.53 bits per heavy atom. The van der Waals surface area contributed by atoms with Crippen LogP contribution in [0.3, 0.4) is 0 Å². The van der Waals surface area contributed by atoms with Crippen LogP contribution in [0.1, 0.15) is 126 Å². The molecule has 1 nitrogen and oxygen atoms in total. The molecule has 32 heavy (non-hydrogen) atoms. The number of fused-ring (bicyclic) bond motifs is 2. The zero-order valence-corrected chi connectivity index (χ0v) is 20.8. The van der Waals surface area contributed by atoms with E-state index < -0.39 is 0 Å². The summed E-state index contributed by atoms with van der Waals surface area (Å²) in [5.41, 5.74) is 3.70. The first-order valence-corrected chi connectivity index (χ1v) is 14.1. The molecular weight excluding hydrogens is 395 g/mol. The Kier molecular flexibility index (Phi) is 9.09. The van der Waals surface area contributed by atoms with Crippen LogP contribution >= 0.6 is 0 Å². The summed E-state index contributed by atoms with van der Waals surface area (Å²) in [5.74, 6) is 3.03. The third-order valence-electron chi connectivity index (χ3n) is 8.98. The van der Waals surface area contributed by atoms with E-state index in [0.717, 1.165) is 36.8 Å². The maximum atomic E-state index is 15.2. The van der Waals surface area contributed by atoms with Crippen LogP contribution < -0.4 is 0 Å². The number of unbranched alkanes of at least 4 members (excludes halogenated alkanes) is 4. The molecule has 2 fully saturated rings. The number of benzene rings is 1. The van der Waals surface area contributed by atoms with E-state index in [0.29, 0.717) is 17.9 Å². The summed E-state index contributed by atoms with van der Waals surface area (Å²) in [6, 6.07) is 4.35. The molecule has 0 heterocycles. The van der Waals surface area contributed by atoms with Gasteiger partial charge in [-0.05, 0) is 111 Å². The number of ether oxygens (including phenoxy) is 1. The molecule has 2 saturated carbocycles. The minimum absolute atomic E-state index is 0.103. The highest BCUT2D eigenvalue weighted by atomic mass is 19.1. The van der Waals surface area contributed by atoms with Crippen molar-refractivity contribution in [1.82, 2.24) is 0 Å². The lowest BCUT2D eigenvalue weighted by molar-refractivity contribution is -0.0159. The molecule has 1 aromatic rings. The van der Waals surface area contributed by atoms with Gasteiger partial charge in [-0.2, -0.15) is 0 Å². The quantitative estimate of drug-likeness (QED) is 0.329. The molecular formula is C30H47FO. The van der Waals surface area contributed by atoms with Crippen LogP contribution in [-0.4, -0.2) is 12.7 Å². The Balaban J connectivity index is 1.32. The molecule has 0 spiro atoms. The molecule has 0 saturated heterocycles. The molecule has 0 aliphatic heterocycles. The van der Waals surface area contributed by atoms with Crippen LogP contribution in [0.25, 0.3) is 0 Å². The molecule has 0 N–H and O–H groups in total. The zero-order chi connectivity index (χ0) is 22.3. The number of halogens is 1. The monoisotopic (exact) mass is 442 g/mol. The van der Waals surface area contributed by atoms with Crippen molar-refractivity contribution in [3.63, 3.8) is 0 Å². The highest BCUT2D eigenvalue weighted by Crippen LogP contribution is 2.47. The molecule has 0 aromatic heterocycles. The second-order valence-corrected chi connectivity index (χ2v) is 11.3. The first-order valence-electron chi connectivity index (χ1n) is 14.1. The van der Waals surface area contributed by atoms with Crippen molar-refractivity contribution in [2.75, 3.05) is 6.61 Å². The summed E-state index contributed by atoms with van der Waals surface area (Å²) in [6.07, 6.45) is 20.4. The standard InChI is InChI=1S/C30H47FO/c1-3-5-7-8-9-22-10-11-26-19-27(21-30(31)29(26)17-22)24-12-13-25-20-28(32-16-6-4-2)15-14-23(25)18-24/h19,21-25,28H,3-18,20H2,1-2H3. The predicted octanol–water partition coefficient (Wildman–Crippen LogP) is 8.77. The van der Waals surface area contributed by atoms with E-state index in [1.165, 1.54) is 101 Å². The third kappa shape index (κ3) is 6.16. The summed E-state index contributed by atoms with van der Waals surface area (Å²) in [7, 11) is 0. The van der Waals surface area contributed by atoms with Gasteiger partial charge in [0.2, 0.25) is 0 Å². The summed E-state index contributed by atoms with van der Waals surface area (Å²) < 4.78 is 21.4. The fourth-order valence-electron chi connectivity index (χ4n) is 6.96. The molecule has 5 atom stereocenters. The second-order valence-electron chi connectivity index (χ2n) is 11.3. The first kappa shape index (κ1) is 24.2. The minimum atomic E-state index is 0.103. The molecule has 5 unspecified atom stereocenters. The molecule has 4 rings (SSSR count). The van der Waals surface area contributed by atoms with E-state index in [1.807, 2.05) is 6.07 Å². The normalized spacial score (nSPS) is 30.0. The maximum Gasteiger partial charge on any atom is 0.126 e. The van der Waals surface area contributed by atoms with Gasteiger partial charge in [-0.3, -0.25) is 0 Å². The fraction of sp³-hybridized carbons (Fsp3) is 0.800. The lowest BCUT2D eigenvalue weighted by atomic mass is 9.65. The van der Waals surface area contributed by atoms with E-state index in [2.05, 4.69) is 19.9 Å². The van der Waals surface area contributed by atoms with Gasteiger partial charge >= 0.3 is 0 Å². The summed E-state index contributed by atoms with van der Waals surface area (Å²) in [4.78, 5) is 0. The van der Waals surface area contributed by atoms with Gasteiger partial charge in [-0.15, -0.1) is 0 Å². The molecule has 0 amide bonds. The van der Waals surface area contributed by atoms with Gasteiger partial charge in [0.15, 0.2) is 0 Å². The van der Waals surface area contributed by atoms with Gasteiger partial charge in [0.1, 0.15) is 5.82 Å². The number of aryl methyl sites for hydroxylation is 1. The van der Waals surface area contributed by atoms with Crippen molar-refractivity contribution in [1.29, 1.82) is 0 Å². The Morgan fingerprint density at radius 1 is 0.875 bits per heavy atom. The lowest BCUT2D eigenvalue weighted by Crippen LogP contribution is -2.34. The van der Waals surface area contributed by atoms with E-state index in [9.17, 15) is 0 Å². The third-order valence-corrected chi connectivity index (χ3v) is 8.98. The van der Waals surface area contributed by atoms with Gasteiger partial charge in [0.25, 0.3) is 0 Å². The number of hydrogen-bond donors (Lipinski definition) is 0. The van der Waals surface area contributed by atoms with Gasteiger partial charge in [0, 0.05) is 6.61 Å². The fourth-order valence-corrected chi connectivity index (χ4v) is 6.96. The van der Waals surface area contributed by atoms with Crippen LogP contribution in [0.4, 0.5) is 4.39 Å². The van der Waals surface area contributed by atoms with Crippen molar-refractivity contribution in [2.45, 2.75) is 129 Å². The van der Waals surface area contributed by atoms with E-state index in [4.69, 9.17) is 4.74 Å². The molecule has 2 heteroatoms. The molecule has 1 aromatic carbocycles. The largest absolute Gasteiger partial charge is 0.378 e. The smallest absolute Gasteiger partial charge is 0.126 e. The van der Waals surface area contributed by atoms with E-state index in [1.54, 1.807) is 0 Å². The SMILES string of the molecule is CCCCCCC1CCc2cc(C3CCC4CC(OCCCC)CCC4C3)cc(F)c2C1. The van der Waals surface area contributed by atoms with Crippen LogP contribution in [0.5, 0.6) is 0 Å². The van der Waals surface area contributed by atoms with Crippen molar-refractivity contribution in [3.05, 3.63) is 34.6 Å². The van der Waals surface area contributed by atoms with Crippen molar-refractivity contribution in [2.24, 2.45) is 17.8 Å². The van der Waals surface area contributed by atoms with Crippen LogP contribution in [0.15, 0.2) is 12.1 Å². The Bertz CT molecular complexity index is 713. The van der Waals surface area contributed by atoms with Crippen molar-refractivity contribution in [3.8, 4) is 0 Å². The summed E-state index contributed by atoms with van der Waals surface area (Å²) in [6.45, 7) is 5.44. The van der Waals surface area contributed by atoms with Crippen molar-refractivity contribution < 1.29 is 9.13 Å². The Morgan fingerprint density at radius 2 is 1.69 bits per heavy atom. The average Bonchev–Trinajstić information content (AvgIpc) is 2.82. The van der Waals surface area contributed by atoms with Gasteiger partial charge in [-0.1, -0.05) is 58.4 Å². The molecule has 3 aliphatic rings. The first-order chi connectivity index (χ1) is 15.7. The van der Waals surface area contributed by atoms with Gasteiger partial charge in [-0.25, -0.2) is 4.39 Å². The Labute approximate surface area is 196 Å². The second kappa shape index (κ2) is 12.0. The summed E-state index contributed by atoms with van der Waals surface area (Å²) in [5, 5.41) is 0. The van der Waals surface area contributed by atoms with Crippen LogP contribution in [0.2, 0.25) is 0 Å². The average molecular weight is 443 g/mol. The zero-order valence-electron chi connectivity index (χ0n) is 20.8. The summed E-state index contributed by atoms with van der Waals surface area (Å²) >= 11 is 0. The van der Waals surface area contributed by atoms with Gasteiger partial charge in [0.05, 0.1) is 6.10 Å². The van der Waals surface area contributed by atoms with Crippen LogP contribution in [0, 0.1) is 23.6 Å².